The van der Waals surface area contributed by atoms with Crippen LogP contribution in [0.4, 0.5) is 0 Å². The van der Waals surface area contributed by atoms with Crippen LogP contribution in [0.15, 0.2) is 18.2 Å². The molecule has 0 bridgehead atoms. The Labute approximate surface area is 114 Å². The number of rotatable bonds is 3. The molecule has 0 aliphatic carbocycles. The summed E-state index contributed by atoms with van der Waals surface area (Å²) in [5, 5.41) is 4.20. The third-order valence-electron chi connectivity index (χ3n) is 3.10. The molecule has 1 aliphatic heterocycles. The van der Waals surface area contributed by atoms with Crippen LogP contribution in [0.25, 0.3) is 0 Å². The minimum atomic E-state index is 0.146. The molecule has 18 heavy (non-hydrogen) atoms. The Bertz CT molecular complexity index is 409. The summed E-state index contributed by atoms with van der Waals surface area (Å²) in [4.78, 5) is 2.33. The van der Waals surface area contributed by atoms with Crippen molar-refractivity contribution in [2.24, 2.45) is 0 Å². The molecule has 1 heterocycles. The molecule has 1 unspecified atom stereocenters. The summed E-state index contributed by atoms with van der Waals surface area (Å²) in [6, 6.07) is 6.43. The molecule has 1 N–H and O–H groups in total. The van der Waals surface area contributed by atoms with Gasteiger partial charge >= 0.3 is 0 Å². The van der Waals surface area contributed by atoms with Crippen LogP contribution in [0.2, 0.25) is 5.02 Å². The highest BCUT2D eigenvalue weighted by Gasteiger charge is 2.19. The van der Waals surface area contributed by atoms with E-state index >= 15 is 0 Å². The lowest BCUT2D eigenvalue weighted by Gasteiger charge is -2.31. The molecule has 1 aromatic carbocycles. The van der Waals surface area contributed by atoms with Crippen molar-refractivity contribution in [3.63, 3.8) is 0 Å². The van der Waals surface area contributed by atoms with Crippen LogP contribution >= 0.6 is 11.6 Å². The molecule has 0 aromatic heterocycles. The Balaban J connectivity index is 2.12. The second kappa shape index (κ2) is 5.91. The van der Waals surface area contributed by atoms with E-state index in [9.17, 15) is 0 Å². The van der Waals surface area contributed by atoms with Crippen LogP contribution < -0.4 is 10.1 Å². The van der Waals surface area contributed by atoms with Gasteiger partial charge in [0.2, 0.25) is 0 Å². The van der Waals surface area contributed by atoms with Crippen molar-refractivity contribution in [2.75, 3.05) is 26.7 Å². The van der Waals surface area contributed by atoms with Gasteiger partial charge < -0.3 is 15.0 Å². The maximum atomic E-state index is 6.26. The summed E-state index contributed by atoms with van der Waals surface area (Å²) in [5.74, 6) is 0.764. The summed E-state index contributed by atoms with van der Waals surface area (Å²) in [7, 11) is 2.14. The SMILES string of the molecule is CC(C)Oc1ccc(C2CN(C)CCN2)cc1Cl. The minimum Gasteiger partial charge on any atom is -0.489 e. The van der Waals surface area contributed by atoms with Crippen LogP contribution in [-0.2, 0) is 0 Å². The van der Waals surface area contributed by atoms with Gasteiger partial charge in [0.25, 0.3) is 0 Å². The second-order valence-corrected chi connectivity index (χ2v) is 5.53. The molecular formula is C14H21ClN2O. The molecule has 3 nitrogen and oxygen atoms in total. The molecule has 0 amide bonds. The number of ether oxygens (including phenoxy) is 1. The van der Waals surface area contributed by atoms with Crippen LogP contribution in [0.1, 0.15) is 25.5 Å². The average molecular weight is 269 g/mol. The van der Waals surface area contributed by atoms with Crippen molar-refractivity contribution < 1.29 is 4.74 Å². The standard InChI is InChI=1S/C14H21ClN2O/c1-10(2)18-14-5-4-11(8-12(14)15)13-9-17(3)7-6-16-13/h4-5,8,10,13,16H,6-7,9H2,1-3H3. The van der Waals surface area contributed by atoms with Crippen molar-refractivity contribution in [1.29, 1.82) is 0 Å². The van der Waals surface area contributed by atoms with Gasteiger partial charge in [-0.2, -0.15) is 0 Å². The summed E-state index contributed by atoms with van der Waals surface area (Å²) < 4.78 is 5.65. The molecule has 0 spiro atoms. The zero-order chi connectivity index (χ0) is 13.1. The topological polar surface area (TPSA) is 24.5 Å². The monoisotopic (exact) mass is 268 g/mol. The normalized spacial score (nSPS) is 21.3. The number of piperazine rings is 1. The largest absolute Gasteiger partial charge is 0.489 e. The maximum Gasteiger partial charge on any atom is 0.138 e. The van der Waals surface area contributed by atoms with Crippen LogP contribution in [0, 0.1) is 0 Å². The number of benzene rings is 1. The molecule has 2 rings (SSSR count). The van der Waals surface area contributed by atoms with E-state index in [4.69, 9.17) is 16.3 Å². The van der Waals surface area contributed by atoms with E-state index in [0.717, 1.165) is 25.4 Å². The fourth-order valence-electron chi connectivity index (χ4n) is 2.20. The highest BCUT2D eigenvalue weighted by atomic mass is 35.5. The molecule has 1 atom stereocenters. The molecular weight excluding hydrogens is 248 g/mol. The summed E-state index contributed by atoms with van der Waals surface area (Å²) in [6.07, 6.45) is 0.146. The first-order chi connectivity index (χ1) is 8.56. The number of hydrogen-bond acceptors (Lipinski definition) is 3. The minimum absolute atomic E-state index is 0.146. The van der Waals surface area contributed by atoms with E-state index < -0.39 is 0 Å². The van der Waals surface area contributed by atoms with Gasteiger partial charge in [-0.05, 0) is 38.6 Å². The Hall–Kier alpha value is -0.770. The Morgan fingerprint density at radius 3 is 2.83 bits per heavy atom. The zero-order valence-electron chi connectivity index (χ0n) is 11.2. The molecule has 4 heteroatoms. The fourth-order valence-corrected chi connectivity index (χ4v) is 2.44. The van der Waals surface area contributed by atoms with Gasteiger partial charge in [0, 0.05) is 25.7 Å². The Kier molecular flexibility index (Phi) is 4.49. The van der Waals surface area contributed by atoms with E-state index in [0.29, 0.717) is 11.1 Å². The highest BCUT2D eigenvalue weighted by Crippen LogP contribution is 2.29. The van der Waals surface area contributed by atoms with Gasteiger partial charge in [-0.1, -0.05) is 17.7 Å². The number of hydrogen-bond donors (Lipinski definition) is 1. The molecule has 1 aromatic rings. The molecule has 0 saturated carbocycles. The van der Waals surface area contributed by atoms with E-state index in [1.807, 2.05) is 26.0 Å². The Morgan fingerprint density at radius 1 is 1.44 bits per heavy atom. The molecule has 1 aliphatic rings. The van der Waals surface area contributed by atoms with Gasteiger partial charge in [-0.25, -0.2) is 0 Å². The molecule has 0 radical (unpaired) electrons. The van der Waals surface area contributed by atoms with Crippen LogP contribution in [0.5, 0.6) is 5.75 Å². The smallest absolute Gasteiger partial charge is 0.138 e. The van der Waals surface area contributed by atoms with Gasteiger partial charge in [-0.3, -0.25) is 0 Å². The first kappa shape index (κ1) is 13.7. The van der Waals surface area contributed by atoms with Crippen molar-refractivity contribution in [3.8, 4) is 5.75 Å². The lowest BCUT2D eigenvalue weighted by Crippen LogP contribution is -2.43. The van der Waals surface area contributed by atoms with E-state index in [2.05, 4.69) is 23.3 Å². The third kappa shape index (κ3) is 3.37. The first-order valence-corrected chi connectivity index (χ1v) is 6.82. The molecule has 100 valence electrons. The van der Waals surface area contributed by atoms with Gasteiger partial charge in [0.15, 0.2) is 0 Å². The van der Waals surface area contributed by atoms with Gasteiger partial charge in [0.1, 0.15) is 5.75 Å². The average Bonchev–Trinajstić information content (AvgIpc) is 2.31. The summed E-state index contributed by atoms with van der Waals surface area (Å²) in [5.41, 5.74) is 1.22. The maximum absolute atomic E-state index is 6.26. The number of nitrogens with zero attached hydrogens (tertiary/aromatic N) is 1. The van der Waals surface area contributed by atoms with Crippen molar-refractivity contribution in [3.05, 3.63) is 28.8 Å². The van der Waals surface area contributed by atoms with Crippen molar-refractivity contribution in [1.82, 2.24) is 10.2 Å². The van der Waals surface area contributed by atoms with Gasteiger partial charge in [-0.15, -0.1) is 0 Å². The highest BCUT2D eigenvalue weighted by molar-refractivity contribution is 6.32. The predicted octanol–water partition coefficient (Wildman–Crippen LogP) is 2.70. The first-order valence-electron chi connectivity index (χ1n) is 6.44. The lowest BCUT2D eigenvalue weighted by atomic mass is 10.0. The van der Waals surface area contributed by atoms with E-state index in [1.54, 1.807) is 0 Å². The summed E-state index contributed by atoms with van der Waals surface area (Å²) >= 11 is 6.26. The number of nitrogens with one attached hydrogen (secondary N) is 1. The van der Waals surface area contributed by atoms with E-state index in [1.165, 1.54) is 5.56 Å². The third-order valence-corrected chi connectivity index (χ3v) is 3.39. The van der Waals surface area contributed by atoms with Gasteiger partial charge in [0.05, 0.1) is 11.1 Å². The quantitative estimate of drug-likeness (QED) is 0.912. The Morgan fingerprint density at radius 2 is 2.22 bits per heavy atom. The lowest BCUT2D eigenvalue weighted by molar-refractivity contribution is 0.238. The summed E-state index contributed by atoms with van der Waals surface area (Å²) in [6.45, 7) is 7.13. The molecule has 1 fully saturated rings. The molecule has 1 saturated heterocycles. The zero-order valence-corrected chi connectivity index (χ0v) is 12.0. The number of likely N-dealkylation sites (N-methyl/N-ethyl adjacent to an activating group) is 1. The fraction of sp³-hybridized carbons (Fsp3) is 0.571. The second-order valence-electron chi connectivity index (χ2n) is 5.13. The van der Waals surface area contributed by atoms with Crippen molar-refractivity contribution >= 4 is 11.6 Å². The van der Waals surface area contributed by atoms with Crippen molar-refractivity contribution in [2.45, 2.75) is 26.0 Å². The predicted molar refractivity (Wildman–Crippen MR) is 75.5 cm³/mol. The number of halogens is 1. The van der Waals surface area contributed by atoms with Crippen LogP contribution in [-0.4, -0.2) is 37.7 Å². The van der Waals surface area contributed by atoms with Crippen LogP contribution in [0.3, 0.4) is 0 Å². The van der Waals surface area contributed by atoms with E-state index in [-0.39, 0.29) is 6.10 Å².